The van der Waals surface area contributed by atoms with E-state index in [1.807, 2.05) is 13.1 Å². The van der Waals surface area contributed by atoms with Gasteiger partial charge in [-0.05, 0) is 44.7 Å². The van der Waals surface area contributed by atoms with Gasteiger partial charge in [0.25, 0.3) is 0 Å². The maximum atomic E-state index is 14.0. The fourth-order valence-corrected chi connectivity index (χ4v) is 5.63. The van der Waals surface area contributed by atoms with Gasteiger partial charge in [0.15, 0.2) is 0 Å². The van der Waals surface area contributed by atoms with Crippen molar-refractivity contribution in [3.8, 4) is 0 Å². The van der Waals surface area contributed by atoms with Crippen LogP contribution in [-0.2, 0) is 14.8 Å². The average Bonchev–Trinajstić information content (AvgIpc) is 3.31. The van der Waals surface area contributed by atoms with Crippen LogP contribution in [0.25, 0.3) is 0 Å². The van der Waals surface area contributed by atoms with E-state index in [1.54, 1.807) is 6.07 Å². The number of hydrogen-bond acceptors (Lipinski definition) is 4. The van der Waals surface area contributed by atoms with Gasteiger partial charge < -0.3 is 9.30 Å². The molecule has 8 heteroatoms. The molecule has 2 fully saturated rings. The molecule has 0 radical (unpaired) electrons. The van der Waals surface area contributed by atoms with Crippen molar-refractivity contribution in [2.24, 2.45) is 0 Å². The van der Waals surface area contributed by atoms with E-state index in [-0.39, 0.29) is 17.0 Å². The van der Waals surface area contributed by atoms with E-state index in [2.05, 4.69) is 9.55 Å². The van der Waals surface area contributed by atoms with E-state index in [4.69, 9.17) is 4.74 Å². The summed E-state index contributed by atoms with van der Waals surface area (Å²) in [6.07, 6.45) is 5.24. The van der Waals surface area contributed by atoms with Crippen molar-refractivity contribution in [1.82, 2.24) is 13.9 Å². The molecule has 1 atom stereocenters. The summed E-state index contributed by atoms with van der Waals surface area (Å²) in [5, 5.41) is 0. The summed E-state index contributed by atoms with van der Waals surface area (Å²) in [4.78, 5) is 4.31. The zero-order chi connectivity index (χ0) is 19.0. The van der Waals surface area contributed by atoms with Gasteiger partial charge in [0, 0.05) is 37.6 Å². The van der Waals surface area contributed by atoms with Gasteiger partial charge in [-0.1, -0.05) is 12.1 Å². The van der Waals surface area contributed by atoms with Crippen LogP contribution in [0.3, 0.4) is 0 Å². The van der Waals surface area contributed by atoms with Gasteiger partial charge in [-0.15, -0.1) is 0 Å². The number of rotatable bonds is 4. The summed E-state index contributed by atoms with van der Waals surface area (Å²) >= 11 is 0. The molecule has 6 nitrogen and oxygen atoms in total. The van der Waals surface area contributed by atoms with Crippen LogP contribution in [0.5, 0.6) is 0 Å². The lowest BCUT2D eigenvalue weighted by Crippen LogP contribution is -2.39. The Balaban J connectivity index is 1.52. The van der Waals surface area contributed by atoms with Gasteiger partial charge >= 0.3 is 0 Å². The summed E-state index contributed by atoms with van der Waals surface area (Å²) in [5.41, 5.74) is 1.07. The molecule has 146 valence electrons. The number of hydrogen-bond donors (Lipinski definition) is 0. The molecule has 2 aliphatic heterocycles. The van der Waals surface area contributed by atoms with Crippen molar-refractivity contribution in [3.63, 3.8) is 0 Å². The Bertz CT molecular complexity index is 914. The minimum absolute atomic E-state index is 0.0267. The molecule has 2 saturated heterocycles. The van der Waals surface area contributed by atoms with Crippen LogP contribution < -0.4 is 0 Å². The summed E-state index contributed by atoms with van der Waals surface area (Å²) in [6.45, 7) is 3.51. The van der Waals surface area contributed by atoms with Crippen LogP contribution in [-0.4, -0.2) is 42.0 Å². The average molecular weight is 393 g/mol. The number of halogens is 1. The molecule has 1 unspecified atom stereocenters. The Morgan fingerprint density at radius 2 is 1.93 bits per heavy atom. The molecule has 1 aromatic carbocycles. The molecule has 0 bridgehead atoms. The number of ether oxygens (including phenoxy) is 1. The molecule has 0 N–H and O–H groups in total. The number of nitrogens with zero attached hydrogens (tertiary/aromatic N) is 3. The summed E-state index contributed by atoms with van der Waals surface area (Å²) in [6, 6.07) is 5.73. The molecule has 3 heterocycles. The SMILES string of the molecule is Cc1cnc(C2CCCO2)n1C1CCN(S(=O)(=O)c2ccccc2F)CC1. The lowest BCUT2D eigenvalue weighted by molar-refractivity contribution is 0.0982. The molecular weight excluding hydrogens is 369 g/mol. The highest BCUT2D eigenvalue weighted by Crippen LogP contribution is 2.34. The molecular formula is C19H24FN3O3S. The largest absolute Gasteiger partial charge is 0.370 e. The normalized spacial score (nSPS) is 22.4. The Morgan fingerprint density at radius 3 is 2.59 bits per heavy atom. The predicted octanol–water partition coefficient (Wildman–Crippen LogP) is 3.21. The Morgan fingerprint density at radius 1 is 1.19 bits per heavy atom. The van der Waals surface area contributed by atoms with Crippen molar-refractivity contribution in [2.45, 2.75) is 49.6 Å². The Kier molecular flexibility index (Phi) is 5.05. The lowest BCUT2D eigenvalue weighted by atomic mass is 10.1. The predicted molar refractivity (Wildman–Crippen MR) is 98.3 cm³/mol. The number of aryl methyl sites for hydroxylation is 1. The first kappa shape index (κ1) is 18.6. The van der Waals surface area contributed by atoms with Crippen LogP contribution in [0.1, 0.15) is 49.3 Å². The maximum absolute atomic E-state index is 14.0. The van der Waals surface area contributed by atoms with E-state index in [1.165, 1.54) is 22.5 Å². The summed E-state index contributed by atoms with van der Waals surface area (Å²) in [5.74, 6) is 0.242. The van der Waals surface area contributed by atoms with Gasteiger partial charge in [0.05, 0.1) is 0 Å². The molecule has 0 saturated carbocycles. The highest BCUT2D eigenvalue weighted by molar-refractivity contribution is 7.89. The van der Waals surface area contributed by atoms with E-state index in [9.17, 15) is 12.8 Å². The first-order valence-corrected chi connectivity index (χ1v) is 10.8. The monoisotopic (exact) mass is 393 g/mol. The van der Waals surface area contributed by atoms with Crippen LogP contribution in [0.4, 0.5) is 4.39 Å². The second kappa shape index (κ2) is 7.33. The quantitative estimate of drug-likeness (QED) is 0.800. The molecule has 2 aromatic rings. The standard InChI is InChI=1S/C19H24FN3O3S/c1-14-13-21-19(17-6-4-12-26-17)23(14)15-8-10-22(11-9-15)27(24,25)18-7-3-2-5-16(18)20/h2-3,5,7,13,15,17H,4,6,8-12H2,1H3. The summed E-state index contributed by atoms with van der Waals surface area (Å²) in [7, 11) is -3.81. The van der Waals surface area contributed by atoms with Crippen molar-refractivity contribution in [1.29, 1.82) is 0 Å². The molecule has 1 aromatic heterocycles. The van der Waals surface area contributed by atoms with Crippen LogP contribution in [0, 0.1) is 12.7 Å². The van der Waals surface area contributed by atoms with Gasteiger partial charge in [-0.25, -0.2) is 17.8 Å². The fraction of sp³-hybridized carbons (Fsp3) is 0.526. The molecule has 4 rings (SSSR count). The maximum Gasteiger partial charge on any atom is 0.245 e. The van der Waals surface area contributed by atoms with Gasteiger partial charge in [0.1, 0.15) is 22.6 Å². The van der Waals surface area contributed by atoms with Crippen molar-refractivity contribution in [2.75, 3.05) is 19.7 Å². The topological polar surface area (TPSA) is 64.4 Å². The van der Waals surface area contributed by atoms with Crippen LogP contribution in [0.2, 0.25) is 0 Å². The lowest BCUT2D eigenvalue weighted by Gasteiger charge is -2.33. The highest BCUT2D eigenvalue weighted by atomic mass is 32.2. The van der Waals surface area contributed by atoms with Gasteiger partial charge in [0.2, 0.25) is 10.0 Å². The van der Waals surface area contributed by atoms with Crippen LogP contribution >= 0.6 is 0 Å². The second-order valence-corrected chi connectivity index (χ2v) is 9.10. The number of sulfonamides is 1. The molecule has 0 aliphatic carbocycles. The molecule has 2 aliphatic rings. The third kappa shape index (κ3) is 3.41. The van der Waals surface area contributed by atoms with E-state index >= 15 is 0 Å². The van der Waals surface area contributed by atoms with E-state index < -0.39 is 15.8 Å². The Hall–Kier alpha value is -1.77. The fourth-order valence-electron chi connectivity index (χ4n) is 4.09. The third-order valence-corrected chi connectivity index (χ3v) is 7.40. The number of aromatic nitrogens is 2. The summed E-state index contributed by atoms with van der Waals surface area (Å²) < 4.78 is 49.0. The highest BCUT2D eigenvalue weighted by Gasteiger charge is 2.34. The zero-order valence-corrected chi connectivity index (χ0v) is 16.2. The second-order valence-electron chi connectivity index (χ2n) is 7.20. The van der Waals surface area contributed by atoms with Gasteiger partial charge in [-0.2, -0.15) is 4.31 Å². The molecule has 27 heavy (non-hydrogen) atoms. The van der Waals surface area contributed by atoms with Gasteiger partial charge in [-0.3, -0.25) is 0 Å². The van der Waals surface area contributed by atoms with E-state index in [0.29, 0.717) is 25.9 Å². The third-order valence-electron chi connectivity index (χ3n) is 5.47. The smallest absolute Gasteiger partial charge is 0.245 e. The first-order valence-electron chi connectivity index (χ1n) is 9.38. The van der Waals surface area contributed by atoms with Crippen molar-refractivity contribution >= 4 is 10.0 Å². The van der Waals surface area contributed by atoms with Crippen molar-refractivity contribution in [3.05, 3.63) is 47.8 Å². The molecule has 0 amide bonds. The minimum Gasteiger partial charge on any atom is -0.370 e. The minimum atomic E-state index is -3.81. The van der Waals surface area contributed by atoms with E-state index in [0.717, 1.165) is 31.0 Å². The van der Waals surface area contributed by atoms with Crippen LogP contribution in [0.15, 0.2) is 35.4 Å². The van der Waals surface area contributed by atoms with Crippen molar-refractivity contribution < 1.29 is 17.5 Å². The Labute approximate surface area is 159 Å². The number of piperidine rings is 1. The molecule has 0 spiro atoms. The zero-order valence-electron chi connectivity index (χ0n) is 15.3. The first-order chi connectivity index (χ1) is 13.0. The number of benzene rings is 1. The number of imidazole rings is 1.